The van der Waals surface area contributed by atoms with Gasteiger partial charge in [0.05, 0.1) is 5.69 Å². The van der Waals surface area contributed by atoms with Gasteiger partial charge in [-0.2, -0.15) is 0 Å². The fourth-order valence-corrected chi connectivity index (χ4v) is 2.80. The highest BCUT2D eigenvalue weighted by Crippen LogP contribution is 2.22. The fourth-order valence-electron chi connectivity index (χ4n) is 2.80. The van der Waals surface area contributed by atoms with Crippen molar-refractivity contribution in [1.29, 1.82) is 0 Å². The van der Waals surface area contributed by atoms with Crippen LogP contribution >= 0.6 is 0 Å². The zero-order chi connectivity index (χ0) is 15.1. The smallest absolute Gasteiger partial charge is 0.226 e. The largest absolute Gasteiger partial charge is 0.444 e. The van der Waals surface area contributed by atoms with Crippen LogP contribution in [0.15, 0.2) is 41.6 Å². The zero-order valence-electron chi connectivity index (χ0n) is 13.2. The van der Waals surface area contributed by atoms with Crippen molar-refractivity contribution in [1.82, 2.24) is 9.88 Å². The predicted octanol–water partition coefficient (Wildman–Crippen LogP) is 4.44. The van der Waals surface area contributed by atoms with Crippen molar-refractivity contribution in [3.8, 4) is 0 Å². The van der Waals surface area contributed by atoms with Crippen molar-refractivity contribution in [2.24, 2.45) is 5.92 Å². The Morgan fingerprint density at radius 3 is 2.86 bits per heavy atom. The van der Waals surface area contributed by atoms with Gasteiger partial charge in [0.1, 0.15) is 6.26 Å². The second-order valence-electron chi connectivity index (χ2n) is 5.63. The first-order chi connectivity index (χ1) is 10.3. The predicted molar refractivity (Wildman–Crippen MR) is 87.8 cm³/mol. The Labute approximate surface area is 128 Å². The van der Waals surface area contributed by atoms with Crippen LogP contribution in [-0.2, 0) is 6.54 Å². The number of oxazole rings is 1. The Morgan fingerprint density at radius 1 is 1.48 bits per heavy atom. The molecule has 0 N–H and O–H groups in total. The molecular formula is C18H26N2O. The van der Waals surface area contributed by atoms with Crippen LogP contribution in [0.3, 0.4) is 0 Å². The fraction of sp³-hybridized carbons (Fsp3) is 0.500. The van der Waals surface area contributed by atoms with Crippen LogP contribution in [0.25, 0.3) is 5.57 Å². The van der Waals surface area contributed by atoms with E-state index in [1.165, 1.54) is 32.4 Å². The minimum atomic E-state index is 0.673. The van der Waals surface area contributed by atoms with Crippen LogP contribution in [-0.4, -0.2) is 23.0 Å². The van der Waals surface area contributed by atoms with E-state index >= 15 is 0 Å². The maximum atomic E-state index is 5.61. The van der Waals surface area contributed by atoms with E-state index in [9.17, 15) is 0 Å². The zero-order valence-corrected chi connectivity index (χ0v) is 13.2. The highest BCUT2D eigenvalue weighted by molar-refractivity contribution is 5.69. The highest BCUT2D eigenvalue weighted by Gasteiger charge is 2.19. The molecule has 1 aromatic rings. The van der Waals surface area contributed by atoms with E-state index in [1.807, 2.05) is 25.2 Å². The average molecular weight is 286 g/mol. The summed E-state index contributed by atoms with van der Waals surface area (Å²) in [6.45, 7) is 11.2. The van der Waals surface area contributed by atoms with Gasteiger partial charge in [0.2, 0.25) is 5.89 Å². The summed E-state index contributed by atoms with van der Waals surface area (Å²) >= 11 is 0. The molecule has 0 saturated carbocycles. The number of piperidine rings is 1. The summed E-state index contributed by atoms with van der Waals surface area (Å²) in [6.07, 6.45) is 13.3. The third-order valence-corrected chi connectivity index (χ3v) is 4.11. The third kappa shape index (κ3) is 4.43. The van der Waals surface area contributed by atoms with Crippen LogP contribution in [0.1, 0.15) is 44.7 Å². The van der Waals surface area contributed by atoms with E-state index in [0.717, 1.165) is 23.7 Å². The van der Waals surface area contributed by atoms with Crippen LogP contribution in [0, 0.1) is 5.92 Å². The number of allylic oxidation sites excluding steroid dienone is 5. The van der Waals surface area contributed by atoms with Crippen LogP contribution in [0.4, 0.5) is 0 Å². The Bertz CT molecular complexity index is 505. The lowest BCUT2D eigenvalue weighted by Crippen LogP contribution is -2.33. The van der Waals surface area contributed by atoms with Gasteiger partial charge in [-0.05, 0) is 38.8 Å². The SMILES string of the molecule is C=C/C=C(\C=C/C)c1nc(CN2CCC(CC)CC2)co1. The van der Waals surface area contributed by atoms with Crippen molar-refractivity contribution in [2.45, 2.75) is 39.7 Å². The van der Waals surface area contributed by atoms with Crippen molar-refractivity contribution in [3.63, 3.8) is 0 Å². The average Bonchev–Trinajstić information content (AvgIpc) is 2.96. The molecular weight excluding hydrogens is 260 g/mol. The summed E-state index contributed by atoms with van der Waals surface area (Å²) in [7, 11) is 0. The highest BCUT2D eigenvalue weighted by atomic mass is 16.3. The molecule has 3 nitrogen and oxygen atoms in total. The number of hydrogen-bond acceptors (Lipinski definition) is 3. The number of rotatable bonds is 6. The third-order valence-electron chi connectivity index (χ3n) is 4.11. The lowest BCUT2D eigenvalue weighted by atomic mass is 9.94. The normalized spacial score (nSPS) is 18.5. The molecule has 3 heteroatoms. The van der Waals surface area contributed by atoms with E-state index < -0.39 is 0 Å². The Kier molecular flexibility index (Phi) is 6.00. The van der Waals surface area contributed by atoms with Gasteiger partial charge in [-0.15, -0.1) is 0 Å². The molecule has 2 heterocycles. The van der Waals surface area contributed by atoms with Gasteiger partial charge >= 0.3 is 0 Å². The summed E-state index contributed by atoms with van der Waals surface area (Å²) in [5, 5.41) is 0. The number of nitrogens with zero attached hydrogens (tertiary/aromatic N) is 2. The van der Waals surface area contributed by atoms with Crippen LogP contribution < -0.4 is 0 Å². The van der Waals surface area contributed by atoms with Gasteiger partial charge in [-0.1, -0.05) is 44.2 Å². The molecule has 114 valence electrons. The molecule has 0 atom stereocenters. The summed E-state index contributed by atoms with van der Waals surface area (Å²) in [5.74, 6) is 1.58. The molecule has 21 heavy (non-hydrogen) atoms. The molecule has 1 aliphatic rings. The monoisotopic (exact) mass is 286 g/mol. The quantitative estimate of drug-likeness (QED) is 0.724. The molecule has 1 saturated heterocycles. The van der Waals surface area contributed by atoms with E-state index in [0.29, 0.717) is 5.89 Å². The van der Waals surface area contributed by atoms with E-state index in [2.05, 4.69) is 23.4 Å². The maximum Gasteiger partial charge on any atom is 0.226 e. The summed E-state index contributed by atoms with van der Waals surface area (Å²) < 4.78 is 5.61. The van der Waals surface area contributed by atoms with Gasteiger partial charge in [0.15, 0.2) is 0 Å². The van der Waals surface area contributed by atoms with Crippen molar-refractivity contribution in [2.75, 3.05) is 13.1 Å². The minimum Gasteiger partial charge on any atom is -0.444 e. The second kappa shape index (κ2) is 7.99. The molecule has 0 unspecified atom stereocenters. The standard InChI is InChI=1S/C18H26N2O/c1-4-7-16(8-5-2)18-19-17(14-21-18)13-20-11-9-15(6-3)10-12-20/h4-5,7-8,14-15H,1,6,9-13H2,2-3H3/b8-5-,16-7+. The molecule has 1 aliphatic heterocycles. The van der Waals surface area contributed by atoms with E-state index in [4.69, 9.17) is 4.42 Å². The topological polar surface area (TPSA) is 29.3 Å². The van der Waals surface area contributed by atoms with Crippen LogP contribution in [0.5, 0.6) is 0 Å². The Hall–Kier alpha value is -1.61. The lowest BCUT2D eigenvalue weighted by molar-refractivity contribution is 0.173. The van der Waals surface area contributed by atoms with Gasteiger partial charge < -0.3 is 4.42 Å². The first-order valence-corrected chi connectivity index (χ1v) is 7.89. The number of hydrogen-bond donors (Lipinski definition) is 0. The van der Waals surface area contributed by atoms with Crippen molar-refractivity contribution in [3.05, 3.63) is 48.7 Å². The van der Waals surface area contributed by atoms with E-state index in [1.54, 1.807) is 12.3 Å². The van der Waals surface area contributed by atoms with Gasteiger partial charge in [0.25, 0.3) is 0 Å². The molecule has 0 amide bonds. The summed E-state index contributed by atoms with van der Waals surface area (Å²) in [5.41, 5.74) is 1.97. The van der Waals surface area contributed by atoms with Gasteiger partial charge in [-0.3, -0.25) is 4.90 Å². The van der Waals surface area contributed by atoms with Crippen molar-refractivity contribution < 1.29 is 4.42 Å². The first-order valence-electron chi connectivity index (χ1n) is 7.89. The summed E-state index contributed by atoms with van der Waals surface area (Å²) in [4.78, 5) is 7.08. The Morgan fingerprint density at radius 2 is 2.24 bits per heavy atom. The number of aromatic nitrogens is 1. The van der Waals surface area contributed by atoms with Crippen LogP contribution in [0.2, 0.25) is 0 Å². The maximum absolute atomic E-state index is 5.61. The van der Waals surface area contributed by atoms with E-state index in [-0.39, 0.29) is 0 Å². The van der Waals surface area contributed by atoms with Crippen molar-refractivity contribution >= 4 is 5.57 Å². The molecule has 0 bridgehead atoms. The lowest BCUT2D eigenvalue weighted by Gasteiger charge is -2.30. The first kappa shape index (κ1) is 15.8. The summed E-state index contributed by atoms with van der Waals surface area (Å²) in [6, 6.07) is 0. The Balaban J connectivity index is 1.97. The molecule has 1 aromatic heterocycles. The van der Waals surface area contributed by atoms with Gasteiger partial charge in [-0.25, -0.2) is 4.98 Å². The second-order valence-corrected chi connectivity index (χ2v) is 5.63. The molecule has 2 rings (SSSR count). The molecule has 0 aromatic carbocycles. The number of likely N-dealkylation sites (tertiary alicyclic amines) is 1. The molecule has 0 spiro atoms. The molecule has 0 aliphatic carbocycles. The molecule has 0 radical (unpaired) electrons. The molecule has 1 fully saturated rings. The van der Waals surface area contributed by atoms with Gasteiger partial charge in [0, 0.05) is 12.1 Å². The minimum absolute atomic E-state index is 0.673.